The second kappa shape index (κ2) is 4.66. The van der Waals surface area contributed by atoms with Crippen molar-refractivity contribution in [2.75, 3.05) is 6.61 Å². The summed E-state index contributed by atoms with van der Waals surface area (Å²) < 4.78 is 6.62. The third-order valence-electron chi connectivity index (χ3n) is 1.93. The molecule has 0 N–H and O–H groups in total. The Labute approximate surface area is 88.2 Å². The molecule has 0 unspecified atom stereocenters. The van der Waals surface area contributed by atoms with Crippen LogP contribution >= 0.6 is 15.9 Å². The largest absolute Gasteiger partial charge is 0.493 e. The number of rotatable bonds is 0. The van der Waals surface area contributed by atoms with Crippen LogP contribution in [0, 0.1) is 6.92 Å². The molecule has 2 rings (SSSR count). The van der Waals surface area contributed by atoms with Gasteiger partial charge in [0.05, 0.1) is 6.61 Å². The van der Waals surface area contributed by atoms with Crippen molar-refractivity contribution in [1.82, 2.24) is 0 Å². The van der Waals surface area contributed by atoms with E-state index in [1.54, 1.807) is 0 Å². The number of aryl methyl sites for hydroxylation is 1. The van der Waals surface area contributed by atoms with E-state index in [1.165, 1.54) is 11.1 Å². The predicted octanol–water partition coefficient (Wildman–Crippen LogP) is 3.72. The van der Waals surface area contributed by atoms with Crippen LogP contribution in [0.15, 0.2) is 16.6 Å². The number of halogens is 1. The molecule has 1 aliphatic rings. The summed E-state index contributed by atoms with van der Waals surface area (Å²) in [6.07, 6.45) is 1.05. The molecule has 0 saturated carbocycles. The van der Waals surface area contributed by atoms with Crippen molar-refractivity contribution in [3.05, 3.63) is 27.7 Å². The molecule has 72 valence electrons. The molecular formula is C11H15BrO. The number of ether oxygens (including phenoxy) is 1. The monoisotopic (exact) mass is 242 g/mol. The summed E-state index contributed by atoms with van der Waals surface area (Å²) in [4.78, 5) is 0. The first-order valence-corrected chi connectivity index (χ1v) is 5.48. The van der Waals surface area contributed by atoms with Gasteiger partial charge in [0, 0.05) is 10.9 Å². The van der Waals surface area contributed by atoms with Gasteiger partial charge in [-0.15, -0.1) is 0 Å². The van der Waals surface area contributed by atoms with Crippen molar-refractivity contribution in [1.29, 1.82) is 0 Å². The number of benzene rings is 1. The van der Waals surface area contributed by atoms with Crippen molar-refractivity contribution < 1.29 is 4.74 Å². The van der Waals surface area contributed by atoms with Crippen LogP contribution in [-0.4, -0.2) is 6.61 Å². The Bertz CT molecular complexity index is 294. The minimum atomic E-state index is 0.840. The van der Waals surface area contributed by atoms with E-state index >= 15 is 0 Å². The third kappa shape index (κ3) is 2.25. The fourth-order valence-corrected chi connectivity index (χ4v) is 2.07. The van der Waals surface area contributed by atoms with Crippen molar-refractivity contribution in [3.8, 4) is 5.75 Å². The minimum absolute atomic E-state index is 0.840. The summed E-state index contributed by atoms with van der Waals surface area (Å²) in [7, 11) is 0. The van der Waals surface area contributed by atoms with Gasteiger partial charge in [-0.3, -0.25) is 0 Å². The molecular weight excluding hydrogens is 228 g/mol. The summed E-state index contributed by atoms with van der Waals surface area (Å²) >= 11 is 3.46. The van der Waals surface area contributed by atoms with Gasteiger partial charge in [0.15, 0.2) is 0 Å². The van der Waals surface area contributed by atoms with Crippen molar-refractivity contribution in [2.24, 2.45) is 0 Å². The maximum absolute atomic E-state index is 5.46. The van der Waals surface area contributed by atoms with E-state index in [1.807, 2.05) is 13.8 Å². The summed E-state index contributed by atoms with van der Waals surface area (Å²) in [5, 5.41) is 0. The van der Waals surface area contributed by atoms with E-state index in [0.717, 1.165) is 23.2 Å². The van der Waals surface area contributed by atoms with Gasteiger partial charge in [0.25, 0.3) is 0 Å². The fraction of sp³-hybridized carbons (Fsp3) is 0.455. The molecule has 0 aromatic heterocycles. The summed E-state index contributed by atoms with van der Waals surface area (Å²) in [5.74, 6) is 1.09. The summed E-state index contributed by atoms with van der Waals surface area (Å²) in [6, 6.07) is 4.22. The summed E-state index contributed by atoms with van der Waals surface area (Å²) in [6.45, 7) is 6.92. The highest BCUT2D eigenvalue weighted by atomic mass is 79.9. The topological polar surface area (TPSA) is 9.23 Å². The Morgan fingerprint density at radius 2 is 2.00 bits per heavy atom. The zero-order valence-electron chi connectivity index (χ0n) is 8.36. The van der Waals surface area contributed by atoms with Crippen molar-refractivity contribution in [2.45, 2.75) is 27.2 Å². The SMILES string of the molecule is CC.Cc1cc(Br)cc2c1OCC2. The van der Waals surface area contributed by atoms with Crippen LogP contribution in [0.3, 0.4) is 0 Å². The Balaban J connectivity index is 0.000000396. The lowest BCUT2D eigenvalue weighted by molar-refractivity contribution is 0.354. The summed E-state index contributed by atoms with van der Waals surface area (Å²) in [5.41, 5.74) is 2.56. The number of hydrogen-bond acceptors (Lipinski definition) is 1. The van der Waals surface area contributed by atoms with E-state index in [0.29, 0.717) is 0 Å². The lowest BCUT2D eigenvalue weighted by atomic mass is 10.1. The Morgan fingerprint density at radius 1 is 1.31 bits per heavy atom. The van der Waals surface area contributed by atoms with Crippen LogP contribution < -0.4 is 4.74 Å². The lowest BCUT2D eigenvalue weighted by Crippen LogP contribution is -1.87. The molecule has 0 saturated heterocycles. The van der Waals surface area contributed by atoms with Gasteiger partial charge in [-0.25, -0.2) is 0 Å². The van der Waals surface area contributed by atoms with Crippen LogP contribution in [0.1, 0.15) is 25.0 Å². The highest BCUT2D eigenvalue weighted by molar-refractivity contribution is 9.10. The molecule has 1 nitrogen and oxygen atoms in total. The molecule has 0 aliphatic carbocycles. The molecule has 1 heterocycles. The first kappa shape index (κ1) is 10.6. The third-order valence-corrected chi connectivity index (χ3v) is 2.39. The van der Waals surface area contributed by atoms with Crippen molar-refractivity contribution >= 4 is 15.9 Å². The van der Waals surface area contributed by atoms with Crippen LogP contribution in [0.4, 0.5) is 0 Å². The van der Waals surface area contributed by atoms with E-state index in [2.05, 4.69) is 35.0 Å². The average Bonchev–Trinajstić information content (AvgIpc) is 2.55. The standard InChI is InChI=1S/C9H9BrO.C2H6/c1-6-4-8(10)5-7-2-3-11-9(6)7;1-2/h4-5H,2-3H2,1H3;1-2H3. The van der Waals surface area contributed by atoms with Gasteiger partial charge < -0.3 is 4.74 Å². The molecule has 0 fully saturated rings. The quantitative estimate of drug-likeness (QED) is 0.674. The first-order valence-electron chi connectivity index (χ1n) is 4.69. The van der Waals surface area contributed by atoms with Gasteiger partial charge in [0.1, 0.15) is 5.75 Å². The van der Waals surface area contributed by atoms with E-state index in [9.17, 15) is 0 Å². The van der Waals surface area contributed by atoms with Crippen molar-refractivity contribution in [3.63, 3.8) is 0 Å². The normalized spacial score (nSPS) is 12.6. The number of hydrogen-bond donors (Lipinski definition) is 0. The van der Waals surface area contributed by atoms with Gasteiger partial charge in [-0.2, -0.15) is 0 Å². The smallest absolute Gasteiger partial charge is 0.125 e. The molecule has 0 atom stereocenters. The molecule has 0 spiro atoms. The second-order valence-corrected chi connectivity index (χ2v) is 3.73. The zero-order chi connectivity index (χ0) is 9.84. The average molecular weight is 243 g/mol. The first-order chi connectivity index (χ1) is 6.27. The van der Waals surface area contributed by atoms with E-state index < -0.39 is 0 Å². The predicted molar refractivity (Wildman–Crippen MR) is 59.4 cm³/mol. The number of fused-ring (bicyclic) bond motifs is 1. The van der Waals surface area contributed by atoms with Crippen LogP contribution in [0.2, 0.25) is 0 Å². The van der Waals surface area contributed by atoms with Crippen LogP contribution in [0.5, 0.6) is 5.75 Å². The van der Waals surface area contributed by atoms with Gasteiger partial charge >= 0.3 is 0 Å². The lowest BCUT2D eigenvalue weighted by Gasteiger charge is -2.03. The van der Waals surface area contributed by atoms with Gasteiger partial charge in [-0.1, -0.05) is 29.8 Å². The highest BCUT2D eigenvalue weighted by Crippen LogP contribution is 2.31. The van der Waals surface area contributed by atoms with Crippen LogP contribution in [-0.2, 0) is 6.42 Å². The second-order valence-electron chi connectivity index (χ2n) is 2.81. The Morgan fingerprint density at radius 3 is 2.69 bits per heavy atom. The van der Waals surface area contributed by atoms with Gasteiger partial charge in [0.2, 0.25) is 0 Å². The molecule has 1 aliphatic heterocycles. The molecule has 0 bridgehead atoms. The highest BCUT2D eigenvalue weighted by Gasteiger charge is 2.14. The zero-order valence-corrected chi connectivity index (χ0v) is 9.94. The molecule has 0 amide bonds. The maximum atomic E-state index is 5.46. The molecule has 13 heavy (non-hydrogen) atoms. The maximum Gasteiger partial charge on any atom is 0.125 e. The molecule has 2 heteroatoms. The fourth-order valence-electron chi connectivity index (χ4n) is 1.45. The molecule has 1 aromatic rings. The molecule has 1 aromatic carbocycles. The Kier molecular flexibility index (Phi) is 3.79. The Hall–Kier alpha value is -0.500. The van der Waals surface area contributed by atoms with Gasteiger partial charge in [-0.05, 0) is 30.2 Å². The van der Waals surface area contributed by atoms with E-state index in [4.69, 9.17) is 4.74 Å². The van der Waals surface area contributed by atoms with E-state index in [-0.39, 0.29) is 0 Å². The van der Waals surface area contributed by atoms with Crippen LogP contribution in [0.25, 0.3) is 0 Å². The molecule has 0 radical (unpaired) electrons. The minimum Gasteiger partial charge on any atom is -0.493 e.